The van der Waals surface area contributed by atoms with Crippen LogP contribution in [0, 0.1) is 7.14 Å². The number of para-hydroxylation sites is 1. The quantitative estimate of drug-likeness (QED) is 0.133. The molecule has 0 unspecified atom stereocenters. The Morgan fingerprint density at radius 2 is 1.89 bits per heavy atom. The van der Waals surface area contributed by atoms with Crippen LogP contribution in [0.1, 0.15) is 25.8 Å². The van der Waals surface area contributed by atoms with Gasteiger partial charge in [0, 0.05) is 10.4 Å². The van der Waals surface area contributed by atoms with E-state index in [0.29, 0.717) is 33.1 Å². The molecule has 0 saturated carbocycles. The van der Waals surface area contributed by atoms with Crippen molar-refractivity contribution in [3.63, 3.8) is 0 Å². The van der Waals surface area contributed by atoms with Gasteiger partial charge in [-0.2, -0.15) is 9.78 Å². The van der Waals surface area contributed by atoms with E-state index in [0.717, 1.165) is 30.3 Å². The van der Waals surface area contributed by atoms with Gasteiger partial charge in [-0.3, -0.25) is 4.79 Å². The number of aromatic nitrogens is 2. The number of nitrogens with zero attached hydrogens (tertiary/aromatic N) is 3. The molecule has 0 amide bonds. The normalized spacial score (nSPS) is 12.6. The summed E-state index contributed by atoms with van der Waals surface area (Å²) < 4.78 is 15.3. The highest BCUT2D eigenvalue weighted by atomic mass is 127. The fourth-order valence-corrected chi connectivity index (χ4v) is 5.94. The van der Waals surface area contributed by atoms with Crippen molar-refractivity contribution in [3.05, 3.63) is 88.7 Å². The Morgan fingerprint density at radius 1 is 1.14 bits per heavy atom. The second-order valence-electron chi connectivity index (χ2n) is 8.26. The lowest BCUT2D eigenvalue weighted by Gasteiger charge is -2.16. The number of hydrogen-bond acceptors (Lipinski definition) is 5. The topological polar surface area (TPSA) is 69.6 Å². The van der Waals surface area contributed by atoms with Crippen LogP contribution in [0.5, 0.6) is 5.75 Å². The molecule has 1 atom stereocenters. The van der Waals surface area contributed by atoms with Crippen molar-refractivity contribution in [1.82, 2.24) is 9.66 Å². The van der Waals surface area contributed by atoms with Crippen LogP contribution in [0.2, 0.25) is 5.02 Å². The van der Waals surface area contributed by atoms with Gasteiger partial charge in [-0.15, -0.1) is 0 Å². The largest absolute Gasteiger partial charge is 0.489 e. The highest BCUT2D eigenvalue weighted by Crippen LogP contribution is 2.31. The molecule has 5 rings (SSSR count). The third kappa shape index (κ3) is 5.03. The van der Waals surface area contributed by atoms with Gasteiger partial charge in [-0.25, -0.2) is 4.98 Å². The third-order valence-electron chi connectivity index (χ3n) is 5.69. The van der Waals surface area contributed by atoms with Gasteiger partial charge in [0.25, 0.3) is 5.56 Å². The molecule has 9 heteroatoms. The zero-order valence-electron chi connectivity index (χ0n) is 19.3. The van der Waals surface area contributed by atoms with Crippen molar-refractivity contribution < 1.29 is 9.15 Å². The average Bonchev–Trinajstić information content (AvgIpc) is 3.28. The molecule has 0 aliphatic heterocycles. The molecule has 5 aromatic rings. The van der Waals surface area contributed by atoms with Crippen LogP contribution in [-0.4, -0.2) is 22.0 Å². The van der Waals surface area contributed by atoms with E-state index in [9.17, 15) is 4.79 Å². The number of fused-ring (bicyclic) bond motifs is 2. The molecule has 2 heterocycles. The van der Waals surface area contributed by atoms with Crippen LogP contribution in [0.3, 0.4) is 0 Å². The summed E-state index contributed by atoms with van der Waals surface area (Å²) in [6.45, 7) is 4.14. The second kappa shape index (κ2) is 10.5. The molecule has 0 saturated heterocycles. The predicted octanol–water partition coefficient (Wildman–Crippen LogP) is 7.73. The van der Waals surface area contributed by atoms with Crippen LogP contribution < -0.4 is 10.3 Å². The molecule has 6 nitrogen and oxygen atoms in total. The minimum absolute atomic E-state index is 0.120. The Morgan fingerprint density at radius 3 is 2.64 bits per heavy atom. The number of ether oxygens (including phenoxy) is 1. The lowest BCUT2D eigenvalue weighted by molar-refractivity contribution is 0.214. The first kappa shape index (κ1) is 25.2. The molecule has 0 bridgehead atoms. The highest BCUT2D eigenvalue weighted by Gasteiger charge is 2.17. The van der Waals surface area contributed by atoms with Crippen LogP contribution in [-0.2, 0) is 0 Å². The van der Waals surface area contributed by atoms with Crippen molar-refractivity contribution in [1.29, 1.82) is 0 Å². The predicted molar refractivity (Wildman–Crippen MR) is 161 cm³/mol. The summed E-state index contributed by atoms with van der Waals surface area (Å²) in [5.41, 5.74) is 1.76. The van der Waals surface area contributed by atoms with E-state index in [-0.39, 0.29) is 11.7 Å². The average molecular weight is 724 g/mol. The first-order chi connectivity index (χ1) is 17.3. The van der Waals surface area contributed by atoms with Gasteiger partial charge in [-0.1, -0.05) is 30.7 Å². The summed E-state index contributed by atoms with van der Waals surface area (Å²) in [6, 6.07) is 18.3. The minimum atomic E-state index is -0.286. The maximum absolute atomic E-state index is 13.5. The summed E-state index contributed by atoms with van der Waals surface area (Å²) in [6.07, 6.45) is 2.69. The molecule has 36 heavy (non-hydrogen) atoms. The third-order valence-corrected chi connectivity index (χ3v) is 7.53. The van der Waals surface area contributed by atoms with Gasteiger partial charge >= 0.3 is 0 Å². The first-order valence-electron chi connectivity index (χ1n) is 11.3. The van der Waals surface area contributed by atoms with Crippen molar-refractivity contribution >= 4 is 84.9 Å². The van der Waals surface area contributed by atoms with Crippen molar-refractivity contribution in [2.45, 2.75) is 26.4 Å². The van der Waals surface area contributed by atoms with E-state index in [1.165, 1.54) is 4.68 Å². The molecule has 0 N–H and O–H groups in total. The minimum Gasteiger partial charge on any atom is -0.489 e. The fourth-order valence-electron chi connectivity index (χ4n) is 3.69. The Kier molecular flexibility index (Phi) is 7.36. The Hall–Kier alpha value is -2.44. The molecule has 0 aliphatic rings. The van der Waals surface area contributed by atoms with Crippen LogP contribution in [0.15, 0.2) is 75.0 Å². The first-order valence-corrected chi connectivity index (χ1v) is 13.8. The summed E-state index contributed by atoms with van der Waals surface area (Å²) in [5, 5.41) is 6.45. The Labute approximate surface area is 239 Å². The molecule has 0 aliphatic carbocycles. The number of benzene rings is 3. The SMILES string of the molecule is CC[C@@H](C)Oc1c(I)cc(C=Nn2c(-c3cc4cc(Cl)ccc4o3)nc3ccccc3c2=O)cc1I. The maximum Gasteiger partial charge on any atom is 0.282 e. The molecule has 3 aromatic carbocycles. The Balaban J connectivity index is 1.63. The smallest absolute Gasteiger partial charge is 0.282 e. The van der Waals surface area contributed by atoms with Gasteiger partial charge in [0.1, 0.15) is 11.3 Å². The fraction of sp³-hybridized carbons (Fsp3) is 0.148. The van der Waals surface area contributed by atoms with E-state index < -0.39 is 0 Å². The van der Waals surface area contributed by atoms with Crippen molar-refractivity contribution in [2.75, 3.05) is 0 Å². The van der Waals surface area contributed by atoms with Crippen LogP contribution in [0.25, 0.3) is 33.5 Å². The lowest BCUT2D eigenvalue weighted by atomic mass is 10.2. The van der Waals surface area contributed by atoms with Gasteiger partial charge < -0.3 is 9.15 Å². The van der Waals surface area contributed by atoms with E-state index in [1.54, 1.807) is 30.5 Å². The number of furan rings is 1. The van der Waals surface area contributed by atoms with E-state index in [4.69, 9.17) is 25.7 Å². The van der Waals surface area contributed by atoms with Crippen molar-refractivity contribution in [3.8, 4) is 17.3 Å². The monoisotopic (exact) mass is 723 g/mol. The highest BCUT2D eigenvalue weighted by molar-refractivity contribution is 14.1. The number of rotatable bonds is 6. The standard InChI is InChI=1S/C27H20ClI2N3O3/c1-3-15(2)35-25-20(29)10-16(11-21(25)30)14-31-33-26(32-22-7-5-4-6-19(22)27(33)34)24-13-17-12-18(28)8-9-23(17)36-24/h4-15H,3H2,1-2H3/t15-/m1/s1. The zero-order valence-corrected chi connectivity index (χ0v) is 24.4. The van der Waals surface area contributed by atoms with E-state index in [2.05, 4.69) is 57.2 Å². The molecule has 2 aromatic heterocycles. The van der Waals surface area contributed by atoms with E-state index in [1.807, 2.05) is 43.3 Å². The number of hydrogen-bond donors (Lipinski definition) is 0. The molecular formula is C27H20ClI2N3O3. The lowest BCUT2D eigenvalue weighted by Crippen LogP contribution is -2.20. The van der Waals surface area contributed by atoms with Crippen molar-refractivity contribution in [2.24, 2.45) is 5.10 Å². The maximum atomic E-state index is 13.5. The second-order valence-corrected chi connectivity index (χ2v) is 11.0. The van der Waals surface area contributed by atoms with Gasteiger partial charge in [0.05, 0.1) is 30.4 Å². The molecule has 0 fully saturated rings. The molecule has 0 spiro atoms. The van der Waals surface area contributed by atoms with Crippen LogP contribution >= 0.6 is 56.8 Å². The summed E-state index contributed by atoms with van der Waals surface area (Å²) in [4.78, 5) is 18.2. The molecule has 0 radical (unpaired) electrons. The molecular weight excluding hydrogens is 704 g/mol. The van der Waals surface area contributed by atoms with Crippen LogP contribution in [0.4, 0.5) is 0 Å². The van der Waals surface area contributed by atoms with Gasteiger partial charge in [0.15, 0.2) is 5.76 Å². The summed E-state index contributed by atoms with van der Waals surface area (Å²) in [5.74, 6) is 1.59. The molecule has 182 valence electrons. The summed E-state index contributed by atoms with van der Waals surface area (Å²) >= 11 is 10.7. The Bertz CT molecular complexity index is 1670. The number of halogens is 3. The van der Waals surface area contributed by atoms with Gasteiger partial charge in [0.2, 0.25) is 5.82 Å². The van der Waals surface area contributed by atoms with Gasteiger partial charge in [-0.05, 0) is 113 Å². The zero-order chi connectivity index (χ0) is 25.4. The summed E-state index contributed by atoms with van der Waals surface area (Å²) in [7, 11) is 0. The van der Waals surface area contributed by atoms with E-state index >= 15 is 0 Å².